The number of rotatable bonds is 25. The van der Waals surface area contributed by atoms with E-state index >= 15 is 0 Å². The highest BCUT2D eigenvalue weighted by atomic mass is 16.5. The lowest BCUT2D eigenvalue weighted by atomic mass is 9.43. The Kier molecular flexibility index (Phi) is 19.7. The van der Waals surface area contributed by atoms with E-state index in [9.17, 15) is 19.2 Å². The number of esters is 3. The maximum Gasteiger partial charge on any atom is 0.305 e. The molecule has 8 heteroatoms. The molecule has 328 valence electrons. The molecule has 1 N–H and O–H groups in total. The van der Waals surface area contributed by atoms with Crippen LogP contribution in [0.5, 0.6) is 0 Å². The van der Waals surface area contributed by atoms with Crippen molar-refractivity contribution in [1.29, 1.82) is 0 Å². The molecule has 8 nitrogen and oxygen atoms in total. The lowest BCUT2D eigenvalue weighted by Crippen LogP contribution is -2.64. The third-order valence-corrected chi connectivity index (χ3v) is 16.0. The third-order valence-electron chi connectivity index (χ3n) is 16.0. The number of ether oxygens (including phenoxy) is 3. The van der Waals surface area contributed by atoms with Gasteiger partial charge in [0.2, 0.25) is 5.91 Å². The Hall–Kier alpha value is -2.12. The predicted molar refractivity (Wildman–Crippen MR) is 228 cm³/mol. The van der Waals surface area contributed by atoms with Crippen LogP contribution in [0.25, 0.3) is 0 Å². The summed E-state index contributed by atoms with van der Waals surface area (Å²) in [5, 5.41) is 3.42. The Morgan fingerprint density at radius 1 is 0.684 bits per heavy atom. The fourth-order valence-electron chi connectivity index (χ4n) is 12.9. The van der Waals surface area contributed by atoms with E-state index in [0.29, 0.717) is 18.8 Å². The summed E-state index contributed by atoms with van der Waals surface area (Å²) in [5.41, 5.74) is -0.272. The molecule has 0 radical (unpaired) electrons. The van der Waals surface area contributed by atoms with Crippen molar-refractivity contribution in [3.8, 4) is 0 Å². The first-order valence-corrected chi connectivity index (χ1v) is 24.1. The topological polar surface area (TPSA) is 108 Å². The Balaban J connectivity index is 1.24. The summed E-state index contributed by atoms with van der Waals surface area (Å²) in [5.74, 6) is 1.04. The van der Waals surface area contributed by atoms with Gasteiger partial charge in [0.15, 0.2) is 0 Å². The Morgan fingerprint density at radius 2 is 1.25 bits per heavy atom. The first-order chi connectivity index (χ1) is 27.3. The number of carbonyl (C=O) groups is 4. The molecule has 0 aromatic heterocycles. The van der Waals surface area contributed by atoms with Crippen molar-refractivity contribution in [3.05, 3.63) is 0 Å². The van der Waals surface area contributed by atoms with Crippen LogP contribution >= 0.6 is 0 Å². The standard InChI is InChI=1S/C49H85NO7/c1-8-9-10-11-12-13-14-15-16-17-18-19-20-21-22-23-24-25-45(53)50-39-30-31-48(5)38(32-39)33-43(56-36(3)51)47-41-28-27-40(35(2)26-29-46(54)55-7)49(41,6)44(34-42(47)48)57-37(4)52/h35,38-44,47H,8-34H2,1-7H3,(H,50,53)/t35-,38+,39+,40-,41+,42+,43-,44+,47+,48+,49-/m1/s1. The molecule has 4 aliphatic rings. The number of methoxy groups -OCH3 is 1. The van der Waals surface area contributed by atoms with E-state index in [1.807, 2.05) is 0 Å². The Labute approximate surface area is 348 Å². The van der Waals surface area contributed by atoms with Crippen molar-refractivity contribution >= 4 is 23.8 Å². The van der Waals surface area contributed by atoms with Crippen LogP contribution in [-0.4, -0.2) is 49.2 Å². The molecule has 4 rings (SSSR count). The molecular formula is C49H85NO7. The second-order valence-electron chi connectivity index (χ2n) is 19.8. The number of hydrogen-bond acceptors (Lipinski definition) is 7. The normalized spacial score (nSPS) is 32.3. The van der Waals surface area contributed by atoms with Crippen molar-refractivity contribution < 1.29 is 33.4 Å². The fourth-order valence-corrected chi connectivity index (χ4v) is 12.9. The van der Waals surface area contributed by atoms with E-state index in [1.165, 1.54) is 117 Å². The van der Waals surface area contributed by atoms with Crippen molar-refractivity contribution in [3.63, 3.8) is 0 Å². The average molecular weight is 800 g/mol. The Morgan fingerprint density at radius 3 is 1.79 bits per heavy atom. The monoisotopic (exact) mass is 800 g/mol. The SMILES string of the molecule is CCCCCCCCCCCCCCCCCCCC(=O)N[C@H]1CC[C@@]2(C)[C@@H](C1)C[C@@H](OC(C)=O)[C@@H]1[C@@H]2C[C@H](OC(C)=O)[C@]2(C)[C@@H]([C@H](C)CCC(=O)OC)CC[C@@H]12. The van der Waals surface area contributed by atoms with Gasteiger partial charge in [-0.05, 0) is 92.8 Å². The zero-order chi connectivity index (χ0) is 41.4. The van der Waals surface area contributed by atoms with Gasteiger partial charge in [-0.3, -0.25) is 19.2 Å². The summed E-state index contributed by atoms with van der Waals surface area (Å²) in [6.45, 7) is 12.3. The lowest BCUT2D eigenvalue weighted by molar-refractivity contribution is -0.220. The number of unbranched alkanes of at least 4 members (excludes halogenated alkanes) is 16. The van der Waals surface area contributed by atoms with Crippen LogP contribution in [0.1, 0.15) is 215 Å². The highest BCUT2D eigenvalue weighted by molar-refractivity contribution is 5.76. The van der Waals surface area contributed by atoms with Gasteiger partial charge in [-0.15, -0.1) is 0 Å². The number of amides is 1. The summed E-state index contributed by atoms with van der Waals surface area (Å²) in [6, 6.07) is 0.139. The van der Waals surface area contributed by atoms with E-state index in [4.69, 9.17) is 14.2 Å². The van der Waals surface area contributed by atoms with Gasteiger partial charge in [0, 0.05) is 44.1 Å². The molecule has 0 aliphatic heterocycles. The number of fused-ring (bicyclic) bond motifs is 5. The zero-order valence-corrected chi connectivity index (χ0v) is 37.6. The average Bonchev–Trinajstić information content (AvgIpc) is 3.53. The van der Waals surface area contributed by atoms with Crippen LogP contribution in [0.15, 0.2) is 0 Å². The molecule has 0 aromatic carbocycles. The van der Waals surface area contributed by atoms with Crippen molar-refractivity contribution in [1.82, 2.24) is 5.32 Å². The summed E-state index contributed by atoms with van der Waals surface area (Å²) >= 11 is 0. The predicted octanol–water partition coefficient (Wildman–Crippen LogP) is 11.8. The summed E-state index contributed by atoms with van der Waals surface area (Å²) in [7, 11) is 1.44. The summed E-state index contributed by atoms with van der Waals surface area (Å²) in [4.78, 5) is 50.6. The van der Waals surface area contributed by atoms with Crippen LogP contribution < -0.4 is 5.32 Å². The molecule has 0 bridgehead atoms. The zero-order valence-electron chi connectivity index (χ0n) is 37.6. The van der Waals surface area contributed by atoms with Gasteiger partial charge in [0.05, 0.1) is 7.11 Å². The molecule has 0 heterocycles. The van der Waals surface area contributed by atoms with E-state index in [-0.39, 0.29) is 82.5 Å². The molecule has 4 fully saturated rings. The molecule has 57 heavy (non-hydrogen) atoms. The lowest BCUT2D eigenvalue weighted by Gasteiger charge is -2.64. The van der Waals surface area contributed by atoms with Crippen LogP contribution in [0, 0.1) is 46.3 Å². The molecule has 0 spiro atoms. The smallest absolute Gasteiger partial charge is 0.305 e. The van der Waals surface area contributed by atoms with E-state index in [1.54, 1.807) is 0 Å². The maximum absolute atomic E-state index is 13.2. The van der Waals surface area contributed by atoms with Gasteiger partial charge in [0.25, 0.3) is 0 Å². The van der Waals surface area contributed by atoms with E-state index in [0.717, 1.165) is 64.2 Å². The van der Waals surface area contributed by atoms with E-state index < -0.39 is 0 Å². The van der Waals surface area contributed by atoms with Crippen molar-refractivity contribution in [2.45, 2.75) is 233 Å². The van der Waals surface area contributed by atoms with Crippen LogP contribution in [-0.2, 0) is 33.4 Å². The molecule has 4 saturated carbocycles. The van der Waals surface area contributed by atoms with Gasteiger partial charge in [-0.1, -0.05) is 130 Å². The van der Waals surface area contributed by atoms with Gasteiger partial charge in [-0.25, -0.2) is 0 Å². The fraction of sp³-hybridized carbons (Fsp3) is 0.918. The quantitative estimate of drug-likeness (QED) is 0.0556. The molecule has 4 aliphatic carbocycles. The van der Waals surface area contributed by atoms with Gasteiger partial charge in [0.1, 0.15) is 12.2 Å². The maximum atomic E-state index is 13.2. The Bertz CT molecular complexity index is 1250. The van der Waals surface area contributed by atoms with E-state index in [2.05, 4.69) is 33.0 Å². The summed E-state index contributed by atoms with van der Waals surface area (Å²) in [6.07, 6.45) is 30.4. The molecule has 0 unspecified atom stereocenters. The minimum Gasteiger partial charge on any atom is -0.469 e. The van der Waals surface area contributed by atoms with Crippen molar-refractivity contribution in [2.24, 2.45) is 46.3 Å². The largest absolute Gasteiger partial charge is 0.469 e. The molecule has 1 amide bonds. The number of nitrogens with one attached hydrogen (secondary N) is 1. The van der Waals surface area contributed by atoms with Gasteiger partial charge < -0.3 is 19.5 Å². The molecule has 11 atom stereocenters. The van der Waals surface area contributed by atoms with Crippen molar-refractivity contribution in [2.75, 3.05) is 7.11 Å². The highest BCUT2D eigenvalue weighted by Crippen LogP contribution is 2.69. The molecule has 0 saturated heterocycles. The summed E-state index contributed by atoms with van der Waals surface area (Å²) < 4.78 is 17.6. The minimum absolute atomic E-state index is 0.00438. The van der Waals surface area contributed by atoms with Gasteiger partial charge >= 0.3 is 17.9 Å². The third kappa shape index (κ3) is 13.2. The highest BCUT2D eigenvalue weighted by Gasteiger charge is 2.67. The first kappa shape index (κ1) is 47.6. The first-order valence-electron chi connectivity index (χ1n) is 24.1. The number of carbonyl (C=O) groups excluding carboxylic acids is 4. The van der Waals surface area contributed by atoms with Crippen LogP contribution in [0.4, 0.5) is 0 Å². The second-order valence-corrected chi connectivity index (χ2v) is 19.8. The van der Waals surface area contributed by atoms with Crippen LogP contribution in [0.3, 0.4) is 0 Å². The molecular weight excluding hydrogens is 715 g/mol. The second kappa shape index (κ2) is 23.6. The number of hydrogen-bond donors (Lipinski definition) is 1. The molecule has 0 aromatic rings. The van der Waals surface area contributed by atoms with Crippen LogP contribution in [0.2, 0.25) is 0 Å². The van der Waals surface area contributed by atoms with Gasteiger partial charge in [-0.2, -0.15) is 0 Å². The minimum atomic E-state index is -0.276.